The number of aromatic nitrogens is 2. The van der Waals surface area contributed by atoms with Gasteiger partial charge in [-0.05, 0) is 28.6 Å². The van der Waals surface area contributed by atoms with Gasteiger partial charge < -0.3 is 15.0 Å². The van der Waals surface area contributed by atoms with Gasteiger partial charge >= 0.3 is 5.82 Å². The summed E-state index contributed by atoms with van der Waals surface area (Å²) in [6.07, 6.45) is 0. The molecule has 0 aliphatic rings. The molecule has 7 heteroatoms. The van der Waals surface area contributed by atoms with E-state index in [1.54, 1.807) is 0 Å². The summed E-state index contributed by atoms with van der Waals surface area (Å²) in [7, 11) is 0. The summed E-state index contributed by atoms with van der Waals surface area (Å²) in [6.45, 7) is 9.56. The lowest BCUT2D eigenvalue weighted by atomic mass is 10.2. The molecule has 1 aromatic carbocycles. The zero-order valence-corrected chi connectivity index (χ0v) is 15.3. The van der Waals surface area contributed by atoms with Crippen molar-refractivity contribution >= 4 is 17.6 Å². The van der Waals surface area contributed by atoms with Crippen LogP contribution in [0.15, 0.2) is 35.4 Å². The third-order valence-corrected chi connectivity index (χ3v) is 5.06. The van der Waals surface area contributed by atoms with Crippen LogP contribution in [0.2, 0.25) is 0 Å². The Hall–Kier alpha value is -1.86. The van der Waals surface area contributed by atoms with Crippen molar-refractivity contribution in [3.63, 3.8) is 0 Å². The zero-order chi connectivity index (χ0) is 17.5. The molecule has 0 saturated carbocycles. The van der Waals surface area contributed by atoms with Crippen molar-refractivity contribution in [3.8, 4) is 0 Å². The standard InChI is InChI=1S/C17H24N4O2S/c1-4-19(5-2)11-12-24-17-16(21(22)23)18-14(3)20(17)13-15-9-7-6-8-10-15/h6-10H,4-5,11-13H2,1-3H3. The summed E-state index contributed by atoms with van der Waals surface area (Å²) >= 11 is 1.52. The van der Waals surface area contributed by atoms with E-state index in [0.29, 0.717) is 17.4 Å². The van der Waals surface area contributed by atoms with E-state index >= 15 is 0 Å². The van der Waals surface area contributed by atoms with Crippen molar-refractivity contribution in [1.82, 2.24) is 14.5 Å². The molecule has 1 aromatic heterocycles. The Labute approximate surface area is 147 Å². The topological polar surface area (TPSA) is 64.2 Å². The summed E-state index contributed by atoms with van der Waals surface area (Å²) in [5, 5.41) is 12.0. The monoisotopic (exact) mass is 348 g/mol. The number of thioether (sulfide) groups is 1. The molecule has 2 aromatic rings. The molecule has 0 aliphatic carbocycles. The number of nitrogens with zero attached hydrogens (tertiary/aromatic N) is 4. The number of nitro groups is 1. The van der Waals surface area contributed by atoms with E-state index in [0.717, 1.165) is 31.0 Å². The summed E-state index contributed by atoms with van der Waals surface area (Å²) in [4.78, 5) is 17.5. The van der Waals surface area contributed by atoms with E-state index in [2.05, 4.69) is 23.7 Å². The largest absolute Gasteiger partial charge is 0.396 e. The molecule has 0 aliphatic heterocycles. The fraction of sp³-hybridized carbons (Fsp3) is 0.471. The second kappa shape index (κ2) is 8.84. The van der Waals surface area contributed by atoms with Crippen LogP contribution in [-0.4, -0.2) is 44.8 Å². The van der Waals surface area contributed by atoms with Gasteiger partial charge in [0.1, 0.15) is 0 Å². The summed E-state index contributed by atoms with van der Waals surface area (Å²) in [5.41, 5.74) is 1.11. The molecule has 0 N–H and O–H groups in total. The molecule has 2 rings (SSSR count). The SMILES string of the molecule is CCN(CC)CCSc1c([N+](=O)[O-])nc(C)n1Cc1ccccc1. The van der Waals surface area contributed by atoms with Crippen molar-refractivity contribution < 1.29 is 4.92 Å². The van der Waals surface area contributed by atoms with Crippen LogP contribution in [0.4, 0.5) is 5.82 Å². The molecule has 0 spiro atoms. The zero-order valence-electron chi connectivity index (χ0n) is 14.4. The van der Waals surface area contributed by atoms with Crippen molar-refractivity contribution in [2.24, 2.45) is 0 Å². The predicted molar refractivity (Wildman–Crippen MR) is 97.7 cm³/mol. The first-order valence-electron chi connectivity index (χ1n) is 8.17. The fourth-order valence-corrected chi connectivity index (χ4v) is 3.70. The van der Waals surface area contributed by atoms with Gasteiger partial charge in [0.2, 0.25) is 5.82 Å². The van der Waals surface area contributed by atoms with E-state index in [1.165, 1.54) is 11.8 Å². The van der Waals surface area contributed by atoms with Gasteiger partial charge in [-0.1, -0.05) is 55.9 Å². The predicted octanol–water partition coefficient (Wildman–Crippen LogP) is 3.58. The number of imidazole rings is 1. The summed E-state index contributed by atoms with van der Waals surface area (Å²) in [6, 6.07) is 9.96. The molecular weight excluding hydrogens is 324 g/mol. The number of aryl methyl sites for hydroxylation is 1. The Morgan fingerprint density at radius 3 is 2.50 bits per heavy atom. The Morgan fingerprint density at radius 2 is 1.92 bits per heavy atom. The van der Waals surface area contributed by atoms with Gasteiger partial charge in [-0.15, -0.1) is 0 Å². The maximum absolute atomic E-state index is 11.4. The number of rotatable bonds is 9. The number of hydrogen-bond acceptors (Lipinski definition) is 5. The van der Waals surface area contributed by atoms with Crippen LogP contribution < -0.4 is 0 Å². The smallest absolute Gasteiger partial charge is 0.358 e. The number of benzene rings is 1. The highest BCUT2D eigenvalue weighted by Crippen LogP contribution is 2.30. The molecular formula is C17H24N4O2S. The van der Waals surface area contributed by atoms with E-state index in [4.69, 9.17) is 0 Å². The average Bonchev–Trinajstić information content (AvgIpc) is 2.89. The lowest BCUT2D eigenvalue weighted by molar-refractivity contribution is -0.392. The summed E-state index contributed by atoms with van der Waals surface area (Å²) < 4.78 is 1.94. The average molecular weight is 348 g/mol. The second-order valence-corrected chi connectivity index (χ2v) is 6.58. The lowest BCUT2D eigenvalue weighted by Crippen LogP contribution is -2.25. The minimum Gasteiger partial charge on any atom is -0.358 e. The third kappa shape index (κ3) is 4.58. The summed E-state index contributed by atoms with van der Waals surface area (Å²) in [5.74, 6) is 1.45. The van der Waals surface area contributed by atoms with Gasteiger partial charge in [-0.2, -0.15) is 0 Å². The van der Waals surface area contributed by atoms with Crippen LogP contribution in [0.5, 0.6) is 0 Å². The highest BCUT2D eigenvalue weighted by Gasteiger charge is 2.25. The highest BCUT2D eigenvalue weighted by atomic mass is 32.2. The van der Waals surface area contributed by atoms with Gasteiger partial charge in [0.25, 0.3) is 0 Å². The van der Waals surface area contributed by atoms with Crippen molar-refractivity contribution in [3.05, 3.63) is 51.8 Å². The Balaban J connectivity index is 2.21. The van der Waals surface area contributed by atoms with Crippen LogP contribution in [-0.2, 0) is 6.54 Å². The fourth-order valence-electron chi connectivity index (χ4n) is 2.55. The quantitative estimate of drug-likeness (QED) is 0.394. The first kappa shape index (κ1) is 18.5. The van der Waals surface area contributed by atoms with Crippen LogP contribution in [0, 0.1) is 17.0 Å². The molecule has 0 radical (unpaired) electrons. The number of hydrogen-bond donors (Lipinski definition) is 0. The second-order valence-electron chi connectivity index (χ2n) is 5.49. The Bertz CT molecular complexity index is 669. The molecule has 0 saturated heterocycles. The van der Waals surface area contributed by atoms with Gasteiger partial charge in [-0.25, -0.2) is 0 Å². The Kier molecular flexibility index (Phi) is 6.81. The molecule has 0 amide bonds. The normalized spacial score (nSPS) is 11.2. The molecule has 0 bridgehead atoms. The van der Waals surface area contributed by atoms with Crippen LogP contribution in [0.3, 0.4) is 0 Å². The van der Waals surface area contributed by atoms with Crippen LogP contribution in [0.25, 0.3) is 0 Å². The van der Waals surface area contributed by atoms with Crippen LogP contribution in [0.1, 0.15) is 25.2 Å². The van der Waals surface area contributed by atoms with Crippen molar-refractivity contribution in [2.45, 2.75) is 32.3 Å². The molecule has 6 nitrogen and oxygen atoms in total. The molecule has 0 unspecified atom stereocenters. The van der Waals surface area contributed by atoms with Gasteiger partial charge in [0.15, 0.2) is 5.03 Å². The molecule has 0 fully saturated rings. The third-order valence-electron chi connectivity index (χ3n) is 3.99. The molecule has 130 valence electrons. The van der Waals surface area contributed by atoms with Crippen molar-refractivity contribution in [2.75, 3.05) is 25.4 Å². The van der Waals surface area contributed by atoms with Gasteiger partial charge in [0, 0.05) is 19.2 Å². The first-order chi connectivity index (χ1) is 11.6. The van der Waals surface area contributed by atoms with Gasteiger partial charge in [0.05, 0.1) is 6.54 Å². The van der Waals surface area contributed by atoms with E-state index in [9.17, 15) is 10.1 Å². The van der Waals surface area contributed by atoms with E-state index in [-0.39, 0.29) is 10.7 Å². The molecule has 24 heavy (non-hydrogen) atoms. The molecule has 0 atom stereocenters. The highest BCUT2D eigenvalue weighted by molar-refractivity contribution is 7.99. The maximum Gasteiger partial charge on any atom is 0.396 e. The minimum atomic E-state index is -0.381. The Morgan fingerprint density at radius 1 is 1.25 bits per heavy atom. The maximum atomic E-state index is 11.4. The minimum absolute atomic E-state index is 0.0343. The first-order valence-corrected chi connectivity index (χ1v) is 9.15. The van der Waals surface area contributed by atoms with E-state index in [1.807, 2.05) is 41.8 Å². The van der Waals surface area contributed by atoms with Crippen molar-refractivity contribution in [1.29, 1.82) is 0 Å². The van der Waals surface area contributed by atoms with Crippen LogP contribution >= 0.6 is 11.8 Å². The lowest BCUT2D eigenvalue weighted by Gasteiger charge is -2.17. The molecule has 1 heterocycles. The van der Waals surface area contributed by atoms with Gasteiger partial charge in [-0.3, -0.25) is 4.57 Å². The van der Waals surface area contributed by atoms with E-state index < -0.39 is 0 Å².